The standard InChI is InChI=1S/C10H16ClNO/c1-3-9-6-8(10(13)7-11)4-5-12(9)2/h4,9H,3,5-7H2,1-2H3/t9-/m1/s1. The highest BCUT2D eigenvalue weighted by molar-refractivity contribution is 6.30. The lowest BCUT2D eigenvalue weighted by Gasteiger charge is -2.30. The Morgan fingerprint density at radius 3 is 3.00 bits per heavy atom. The third kappa shape index (κ3) is 2.55. The molecule has 13 heavy (non-hydrogen) atoms. The van der Waals surface area contributed by atoms with E-state index in [0.29, 0.717) is 6.04 Å². The number of rotatable bonds is 3. The van der Waals surface area contributed by atoms with E-state index in [-0.39, 0.29) is 11.7 Å². The van der Waals surface area contributed by atoms with Gasteiger partial charge in [-0.2, -0.15) is 0 Å². The van der Waals surface area contributed by atoms with Gasteiger partial charge >= 0.3 is 0 Å². The maximum absolute atomic E-state index is 11.3. The lowest BCUT2D eigenvalue weighted by Crippen LogP contribution is -2.36. The first-order valence-corrected chi connectivity index (χ1v) is 5.21. The smallest absolute Gasteiger partial charge is 0.173 e. The summed E-state index contributed by atoms with van der Waals surface area (Å²) in [5.74, 6) is 0.208. The largest absolute Gasteiger partial charge is 0.299 e. The Kier molecular flexibility index (Phi) is 3.94. The van der Waals surface area contributed by atoms with Gasteiger partial charge in [0, 0.05) is 12.6 Å². The van der Waals surface area contributed by atoms with Crippen molar-refractivity contribution in [3.63, 3.8) is 0 Å². The molecule has 74 valence electrons. The summed E-state index contributed by atoms with van der Waals surface area (Å²) in [6, 6.07) is 0.507. The zero-order valence-electron chi connectivity index (χ0n) is 8.22. The van der Waals surface area contributed by atoms with Crippen molar-refractivity contribution in [2.45, 2.75) is 25.8 Å². The lowest BCUT2D eigenvalue weighted by molar-refractivity contribution is -0.113. The molecule has 0 spiro atoms. The fourth-order valence-electron chi connectivity index (χ4n) is 1.67. The number of ketones is 1. The second-order valence-corrected chi connectivity index (χ2v) is 3.76. The van der Waals surface area contributed by atoms with Crippen LogP contribution in [0.3, 0.4) is 0 Å². The number of alkyl halides is 1. The van der Waals surface area contributed by atoms with E-state index in [1.165, 1.54) is 0 Å². The van der Waals surface area contributed by atoms with Crippen molar-refractivity contribution in [1.82, 2.24) is 4.90 Å². The van der Waals surface area contributed by atoms with Crippen LogP contribution in [0.25, 0.3) is 0 Å². The molecule has 0 aromatic rings. The second kappa shape index (κ2) is 4.77. The van der Waals surface area contributed by atoms with Gasteiger partial charge in [0.15, 0.2) is 5.78 Å². The molecule has 0 aromatic carbocycles. The van der Waals surface area contributed by atoms with Crippen molar-refractivity contribution >= 4 is 17.4 Å². The van der Waals surface area contributed by atoms with Gasteiger partial charge in [0.05, 0.1) is 5.88 Å². The highest BCUT2D eigenvalue weighted by atomic mass is 35.5. The number of hydrogen-bond donors (Lipinski definition) is 0. The first-order valence-electron chi connectivity index (χ1n) is 4.67. The molecule has 2 nitrogen and oxygen atoms in total. The first-order chi connectivity index (χ1) is 6.19. The van der Waals surface area contributed by atoms with Gasteiger partial charge in [-0.15, -0.1) is 11.6 Å². The summed E-state index contributed by atoms with van der Waals surface area (Å²) in [4.78, 5) is 13.6. The van der Waals surface area contributed by atoms with Gasteiger partial charge in [-0.1, -0.05) is 13.0 Å². The normalized spacial score (nSPS) is 24.2. The Morgan fingerprint density at radius 2 is 2.46 bits per heavy atom. The number of nitrogens with zero attached hydrogens (tertiary/aromatic N) is 1. The van der Waals surface area contributed by atoms with Gasteiger partial charge in [0.2, 0.25) is 0 Å². The summed E-state index contributed by atoms with van der Waals surface area (Å²) >= 11 is 5.51. The van der Waals surface area contributed by atoms with Crippen molar-refractivity contribution in [3.05, 3.63) is 11.6 Å². The zero-order chi connectivity index (χ0) is 9.84. The predicted molar refractivity (Wildman–Crippen MR) is 55.1 cm³/mol. The molecule has 1 atom stereocenters. The van der Waals surface area contributed by atoms with E-state index in [9.17, 15) is 4.79 Å². The first kappa shape index (κ1) is 10.7. The Hall–Kier alpha value is -0.340. The fraction of sp³-hybridized carbons (Fsp3) is 0.700. The third-order valence-corrected chi connectivity index (χ3v) is 2.90. The minimum Gasteiger partial charge on any atom is -0.299 e. The van der Waals surface area contributed by atoms with Crippen molar-refractivity contribution in [3.8, 4) is 0 Å². The van der Waals surface area contributed by atoms with Crippen molar-refractivity contribution in [2.75, 3.05) is 19.5 Å². The van der Waals surface area contributed by atoms with Crippen molar-refractivity contribution in [2.24, 2.45) is 0 Å². The average Bonchev–Trinajstić information content (AvgIpc) is 2.17. The molecule has 0 fully saturated rings. The molecule has 1 heterocycles. The summed E-state index contributed by atoms with van der Waals surface area (Å²) in [6.07, 6.45) is 3.94. The molecule has 1 aliphatic rings. The molecule has 1 rings (SSSR count). The van der Waals surface area contributed by atoms with Gasteiger partial charge in [-0.25, -0.2) is 0 Å². The van der Waals surface area contributed by atoms with Gasteiger partial charge in [-0.05, 0) is 25.5 Å². The highest BCUT2D eigenvalue weighted by Crippen LogP contribution is 2.19. The van der Waals surface area contributed by atoms with Gasteiger partial charge in [0.25, 0.3) is 0 Å². The molecular weight excluding hydrogens is 186 g/mol. The number of carbonyl (C=O) groups excluding carboxylic acids is 1. The van der Waals surface area contributed by atoms with Crippen molar-refractivity contribution < 1.29 is 4.79 Å². The van der Waals surface area contributed by atoms with Gasteiger partial charge in [0.1, 0.15) is 0 Å². The van der Waals surface area contributed by atoms with Crippen LogP contribution in [0.4, 0.5) is 0 Å². The monoisotopic (exact) mass is 201 g/mol. The maximum atomic E-state index is 11.3. The van der Waals surface area contributed by atoms with Gasteiger partial charge in [-0.3, -0.25) is 9.69 Å². The summed E-state index contributed by atoms with van der Waals surface area (Å²) in [5.41, 5.74) is 0.917. The molecule has 3 heteroatoms. The predicted octanol–water partition coefficient (Wildman–Crippen LogP) is 1.83. The number of hydrogen-bond acceptors (Lipinski definition) is 2. The van der Waals surface area contributed by atoms with Crippen LogP contribution in [0.5, 0.6) is 0 Å². The van der Waals surface area contributed by atoms with Gasteiger partial charge < -0.3 is 0 Å². The molecule has 0 saturated heterocycles. The minimum atomic E-state index is 0.0909. The van der Waals surface area contributed by atoms with E-state index in [4.69, 9.17) is 11.6 Å². The summed E-state index contributed by atoms with van der Waals surface area (Å²) in [7, 11) is 2.09. The van der Waals surface area contributed by atoms with Crippen LogP contribution in [0.15, 0.2) is 11.6 Å². The van der Waals surface area contributed by atoms with E-state index in [1.54, 1.807) is 0 Å². The molecular formula is C10H16ClNO. The van der Waals surface area contributed by atoms with Crippen LogP contribution in [0, 0.1) is 0 Å². The molecule has 1 aliphatic heterocycles. The number of carbonyl (C=O) groups is 1. The SMILES string of the molecule is CC[C@@H]1CC(C(=O)CCl)=CCN1C. The maximum Gasteiger partial charge on any atom is 0.173 e. The van der Waals surface area contributed by atoms with Crippen molar-refractivity contribution in [1.29, 1.82) is 0 Å². The number of halogens is 1. The molecule has 0 bridgehead atoms. The number of likely N-dealkylation sites (N-methyl/N-ethyl adjacent to an activating group) is 1. The lowest BCUT2D eigenvalue weighted by atomic mass is 9.96. The van der Waals surface area contributed by atoms with E-state index in [2.05, 4.69) is 18.9 Å². The third-order valence-electron chi connectivity index (χ3n) is 2.66. The summed E-state index contributed by atoms with van der Waals surface area (Å²) in [5, 5.41) is 0. The van der Waals surface area contributed by atoms with E-state index >= 15 is 0 Å². The van der Waals surface area contributed by atoms with Crippen LogP contribution in [0.1, 0.15) is 19.8 Å². The molecule has 0 unspecified atom stereocenters. The minimum absolute atomic E-state index is 0.0909. The molecule has 0 aromatic heterocycles. The fourth-order valence-corrected chi connectivity index (χ4v) is 1.84. The van der Waals surface area contributed by atoms with Crippen LogP contribution < -0.4 is 0 Å². The quantitative estimate of drug-likeness (QED) is 0.650. The van der Waals surface area contributed by atoms with Crippen LogP contribution in [-0.4, -0.2) is 36.2 Å². The Bertz CT molecular complexity index is 225. The van der Waals surface area contributed by atoms with Crippen LogP contribution in [0.2, 0.25) is 0 Å². The Labute approximate surface area is 84.6 Å². The van der Waals surface area contributed by atoms with E-state index in [1.807, 2.05) is 6.08 Å². The zero-order valence-corrected chi connectivity index (χ0v) is 8.97. The summed E-state index contributed by atoms with van der Waals surface area (Å²) < 4.78 is 0. The Morgan fingerprint density at radius 1 is 1.77 bits per heavy atom. The van der Waals surface area contributed by atoms with Crippen LogP contribution in [-0.2, 0) is 4.79 Å². The molecule has 0 amide bonds. The topological polar surface area (TPSA) is 20.3 Å². The molecule has 0 saturated carbocycles. The Balaban J connectivity index is 2.65. The molecule has 0 radical (unpaired) electrons. The highest BCUT2D eigenvalue weighted by Gasteiger charge is 2.21. The molecule has 0 aliphatic carbocycles. The summed E-state index contributed by atoms with van der Waals surface area (Å²) in [6.45, 7) is 3.02. The van der Waals surface area contributed by atoms with E-state index < -0.39 is 0 Å². The van der Waals surface area contributed by atoms with Crippen LogP contribution >= 0.6 is 11.6 Å². The second-order valence-electron chi connectivity index (χ2n) is 3.49. The average molecular weight is 202 g/mol. The molecule has 0 N–H and O–H groups in total. The number of Topliss-reactive ketones (excluding diaryl/α,β-unsaturated/α-hetero) is 1. The van der Waals surface area contributed by atoms with E-state index in [0.717, 1.165) is 25.0 Å².